The Labute approximate surface area is 92.0 Å². The number of rotatable bonds is 0. The molecule has 0 aliphatic heterocycles. The molecule has 0 saturated heterocycles. The SMILES string of the molecule is CP(C)(C)(I)I.[Hg]. The zero-order valence-corrected chi connectivity index (χ0v) is 15.6. The summed E-state index contributed by atoms with van der Waals surface area (Å²) in [6, 6.07) is 0. The molecule has 0 spiro atoms. The fourth-order valence-electron chi connectivity index (χ4n) is 0. The van der Waals surface area contributed by atoms with Gasteiger partial charge in [0.25, 0.3) is 0 Å². The smallest absolute Gasteiger partial charge is 0 e. The Morgan fingerprint density at radius 3 is 1.00 bits per heavy atom. The van der Waals surface area contributed by atoms with Crippen LogP contribution in [0.2, 0.25) is 0 Å². The summed E-state index contributed by atoms with van der Waals surface area (Å²) in [5.74, 6) is 0. The van der Waals surface area contributed by atoms with Crippen molar-refractivity contribution in [2.75, 3.05) is 20.0 Å². The van der Waals surface area contributed by atoms with Crippen LogP contribution < -0.4 is 0 Å². The van der Waals surface area contributed by atoms with Gasteiger partial charge in [-0.2, -0.15) is 0 Å². The Bertz CT molecular complexity index is 46.1. The van der Waals surface area contributed by atoms with Crippen LogP contribution in [0.3, 0.4) is 0 Å². The van der Waals surface area contributed by atoms with E-state index in [0.29, 0.717) is 0 Å². The minimum absolute atomic E-state index is 0. The molecule has 0 bridgehead atoms. The van der Waals surface area contributed by atoms with Crippen LogP contribution in [-0.2, 0) is 27.7 Å². The molecule has 42 valence electrons. The first-order valence-corrected chi connectivity index (χ1v) is 10.8. The Morgan fingerprint density at radius 2 is 1.00 bits per heavy atom. The van der Waals surface area contributed by atoms with Gasteiger partial charge in [-0.25, -0.2) is 0 Å². The van der Waals surface area contributed by atoms with Gasteiger partial charge < -0.3 is 0 Å². The third-order valence-electron chi connectivity index (χ3n) is 0. The van der Waals surface area contributed by atoms with Gasteiger partial charge in [0.1, 0.15) is 0 Å². The maximum atomic E-state index is 2.53. The first-order chi connectivity index (χ1) is 2.24. The Hall–Kier alpha value is 2.83. The van der Waals surface area contributed by atoms with E-state index in [1.165, 1.54) is 0 Å². The fourth-order valence-corrected chi connectivity index (χ4v) is 0. The molecule has 0 aromatic rings. The first kappa shape index (κ1) is 12.5. The molecule has 0 nitrogen and oxygen atoms in total. The molecule has 0 fully saturated rings. The van der Waals surface area contributed by atoms with Crippen molar-refractivity contribution in [1.82, 2.24) is 0 Å². The molecule has 0 aliphatic rings. The normalized spacial score (nSPS) is 16.4. The van der Waals surface area contributed by atoms with Crippen LogP contribution in [0.25, 0.3) is 0 Å². The van der Waals surface area contributed by atoms with E-state index in [9.17, 15) is 0 Å². The van der Waals surface area contributed by atoms with E-state index < -0.39 is 1.89 Å². The van der Waals surface area contributed by atoms with E-state index >= 15 is 0 Å². The van der Waals surface area contributed by atoms with E-state index in [0.717, 1.165) is 0 Å². The largest absolute Gasteiger partial charge is 0 e. The van der Waals surface area contributed by atoms with Crippen LogP contribution >= 0.6 is 46.0 Å². The topological polar surface area (TPSA) is 0 Å². The van der Waals surface area contributed by atoms with Crippen molar-refractivity contribution in [3.63, 3.8) is 0 Å². The molecule has 0 aromatic heterocycles. The number of halogens is 2. The van der Waals surface area contributed by atoms with Gasteiger partial charge in [-0.1, -0.05) is 0 Å². The number of hydrogen-bond acceptors (Lipinski definition) is 0. The Kier molecular flexibility index (Phi) is 5.87. The monoisotopic (exact) mass is 532 g/mol. The summed E-state index contributed by atoms with van der Waals surface area (Å²) in [5, 5.41) is 0. The third-order valence-corrected chi connectivity index (χ3v) is 0. The molecular weight excluding hydrogens is 521 g/mol. The molecule has 0 atom stereocenters. The van der Waals surface area contributed by atoms with E-state index in [2.05, 4.69) is 64.1 Å². The predicted molar refractivity (Wildman–Crippen MR) is 52.7 cm³/mol. The van der Waals surface area contributed by atoms with E-state index in [4.69, 9.17) is 0 Å². The van der Waals surface area contributed by atoms with Crippen molar-refractivity contribution in [2.45, 2.75) is 0 Å². The standard InChI is InChI=1S/C3H9I2P.Hg/c1-6(2,3,4)5;/h1-3H3;. The molecule has 7 heavy (non-hydrogen) atoms. The van der Waals surface area contributed by atoms with Crippen molar-refractivity contribution in [2.24, 2.45) is 0 Å². The zero-order chi connectivity index (χ0) is 5.45. The van der Waals surface area contributed by atoms with E-state index in [1.807, 2.05) is 0 Å². The molecule has 0 heterocycles. The predicted octanol–water partition coefficient (Wildman–Crippen LogP) is 3.13. The fraction of sp³-hybridized carbons (Fsp3) is 1.00. The summed E-state index contributed by atoms with van der Waals surface area (Å²) in [6.45, 7) is 6.94. The van der Waals surface area contributed by atoms with Crippen molar-refractivity contribution in [1.29, 1.82) is 0 Å². The maximum absolute atomic E-state index is 2.53. The van der Waals surface area contributed by atoms with Crippen molar-refractivity contribution < 1.29 is 27.7 Å². The average Bonchev–Trinajstić information content (AvgIpc) is 0.650. The molecule has 0 radical (unpaired) electrons. The second kappa shape index (κ2) is 3.29. The van der Waals surface area contributed by atoms with Gasteiger partial charge >= 0.3 is 66.0 Å². The summed E-state index contributed by atoms with van der Waals surface area (Å²) < 4.78 is -1.11. The van der Waals surface area contributed by atoms with Crippen molar-refractivity contribution in [3.05, 3.63) is 0 Å². The molecule has 0 saturated carbocycles. The average molecular weight is 530 g/mol. The summed E-state index contributed by atoms with van der Waals surface area (Å²) >= 11 is 5.06. The van der Waals surface area contributed by atoms with Crippen LogP contribution in [0.1, 0.15) is 0 Å². The van der Waals surface area contributed by atoms with Crippen LogP contribution in [0.15, 0.2) is 0 Å². The summed E-state index contributed by atoms with van der Waals surface area (Å²) in [4.78, 5) is 0. The van der Waals surface area contributed by atoms with Crippen molar-refractivity contribution in [3.8, 4) is 0 Å². The first-order valence-electron chi connectivity index (χ1n) is 1.68. The van der Waals surface area contributed by atoms with Gasteiger partial charge in [0, 0.05) is 27.7 Å². The van der Waals surface area contributed by atoms with Gasteiger partial charge in [0.2, 0.25) is 0 Å². The molecule has 0 unspecified atom stereocenters. The Morgan fingerprint density at radius 1 is 1.00 bits per heavy atom. The van der Waals surface area contributed by atoms with Crippen molar-refractivity contribution >= 4 is 46.0 Å². The molecule has 0 aliphatic carbocycles. The van der Waals surface area contributed by atoms with Crippen LogP contribution in [-0.4, -0.2) is 20.0 Å². The minimum atomic E-state index is -1.11. The van der Waals surface area contributed by atoms with Crippen LogP contribution in [0.5, 0.6) is 0 Å². The third kappa shape index (κ3) is 51.5. The molecule has 4 heteroatoms. The second-order valence-electron chi connectivity index (χ2n) is 2.42. The van der Waals surface area contributed by atoms with Crippen LogP contribution in [0, 0.1) is 0 Å². The molecular formula is C3H9HgI2P. The van der Waals surface area contributed by atoms with E-state index in [-0.39, 0.29) is 27.7 Å². The maximum Gasteiger partial charge on any atom is 0 e. The molecule has 0 amide bonds. The summed E-state index contributed by atoms with van der Waals surface area (Å²) in [7, 11) is 0. The second-order valence-corrected chi connectivity index (χ2v) is 33.1. The van der Waals surface area contributed by atoms with Gasteiger partial charge in [0.15, 0.2) is 0 Å². The summed E-state index contributed by atoms with van der Waals surface area (Å²) in [6.07, 6.45) is 0. The zero-order valence-electron chi connectivity index (χ0n) is 4.91. The quantitative estimate of drug-likeness (QED) is 0.257. The van der Waals surface area contributed by atoms with Gasteiger partial charge in [-0.15, -0.1) is 0 Å². The van der Waals surface area contributed by atoms with Crippen LogP contribution in [0.4, 0.5) is 0 Å². The van der Waals surface area contributed by atoms with Gasteiger partial charge in [0.05, 0.1) is 0 Å². The van der Waals surface area contributed by atoms with Gasteiger partial charge in [-0.05, 0) is 0 Å². The van der Waals surface area contributed by atoms with Gasteiger partial charge in [-0.3, -0.25) is 0 Å². The van der Waals surface area contributed by atoms with E-state index in [1.54, 1.807) is 0 Å². The Balaban J connectivity index is 0. The minimum Gasteiger partial charge on any atom is 0 e. The molecule has 0 N–H and O–H groups in total. The summed E-state index contributed by atoms with van der Waals surface area (Å²) in [5.41, 5.74) is 0. The molecule has 0 aromatic carbocycles. The molecule has 0 rings (SSSR count). The number of hydrogen-bond donors (Lipinski definition) is 0.